The van der Waals surface area contributed by atoms with Gasteiger partial charge in [0.25, 0.3) is 0 Å². The lowest BCUT2D eigenvalue weighted by molar-refractivity contribution is -0.274. The maximum Gasteiger partial charge on any atom is 0.573 e. The van der Waals surface area contributed by atoms with E-state index >= 15 is 0 Å². The summed E-state index contributed by atoms with van der Waals surface area (Å²) in [4.78, 5) is 3.91. The molecule has 0 unspecified atom stereocenters. The molecule has 18 heavy (non-hydrogen) atoms. The Hall–Kier alpha value is -2.11. The number of alkyl halides is 3. The second-order valence-electron chi connectivity index (χ2n) is 3.40. The zero-order chi connectivity index (χ0) is 13.2. The minimum absolute atomic E-state index is 0.116. The van der Waals surface area contributed by atoms with E-state index in [2.05, 4.69) is 9.72 Å². The molecule has 0 saturated carbocycles. The molecule has 94 valence electrons. The van der Waals surface area contributed by atoms with Crippen molar-refractivity contribution in [1.82, 2.24) is 4.98 Å². The van der Waals surface area contributed by atoms with Gasteiger partial charge in [0.2, 0.25) is 0 Å². The molecule has 0 saturated heterocycles. The molecule has 2 rings (SSSR count). The third kappa shape index (κ3) is 2.97. The molecule has 0 aliphatic heterocycles. The molecule has 0 fully saturated rings. The summed E-state index contributed by atoms with van der Waals surface area (Å²) in [5, 5.41) is 0. The van der Waals surface area contributed by atoms with Gasteiger partial charge in [0.15, 0.2) is 0 Å². The summed E-state index contributed by atoms with van der Waals surface area (Å²) in [5.74, 6) is -1.42. The van der Waals surface area contributed by atoms with E-state index in [1.165, 1.54) is 12.3 Å². The summed E-state index contributed by atoms with van der Waals surface area (Å²) in [6.07, 6.45) is -3.37. The molecule has 0 atom stereocenters. The van der Waals surface area contributed by atoms with Crippen molar-refractivity contribution in [3.63, 3.8) is 0 Å². The zero-order valence-corrected chi connectivity index (χ0v) is 8.91. The number of hydrogen-bond acceptors (Lipinski definition) is 2. The molecule has 0 radical (unpaired) electrons. The van der Waals surface area contributed by atoms with Crippen LogP contribution in [0, 0.1) is 5.82 Å². The normalized spacial score (nSPS) is 11.3. The predicted octanol–water partition coefficient (Wildman–Crippen LogP) is 3.79. The van der Waals surface area contributed by atoms with Gasteiger partial charge in [-0.3, -0.25) is 4.98 Å². The molecular weight excluding hydrogens is 250 g/mol. The zero-order valence-electron chi connectivity index (χ0n) is 8.91. The summed E-state index contributed by atoms with van der Waals surface area (Å²) in [6.45, 7) is 0. The van der Waals surface area contributed by atoms with Gasteiger partial charge < -0.3 is 4.74 Å². The maximum atomic E-state index is 13.6. The van der Waals surface area contributed by atoms with Crippen LogP contribution in [0.3, 0.4) is 0 Å². The fourth-order valence-corrected chi connectivity index (χ4v) is 1.42. The number of aromatic nitrogens is 1. The van der Waals surface area contributed by atoms with Crippen LogP contribution in [-0.2, 0) is 0 Å². The molecular formula is C12H7F4NO. The highest BCUT2D eigenvalue weighted by Gasteiger charge is 2.31. The largest absolute Gasteiger partial charge is 0.573 e. The minimum atomic E-state index is -4.83. The maximum absolute atomic E-state index is 13.6. The number of ether oxygens (including phenoxy) is 1. The predicted molar refractivity (Wildman–Crippen MR) is 56.3 cm³/mol. The van der Waals surface area contributed by atoms with E-state index in [9.17, 15) is 17.6 Å². The van der Waals surface area contributed by atoms with Crippen LogP contribution in [0.25, 0.3) is 11.3 Å². The molecule has 2 aromatic rings. The number of hydrogen-bond donors (Lipinski definition) is 0. The van der Waals surface area contributed by atoms with Crippen molar-refractivity contribution in [2.24, 2.45) is 0 Å². The number of pyridine rings is 1. The summed E-state index contributed by atoms with van der Waals surface area (Å²) in [6, 6.07) is 7.78. The highest BCUT2D eigenvalue weighted by molar-refractivity contribution is 5.60. The third-order valence-corrected chi connectivity index (χ3v) is 2.11. The van der Waals surface area contributed by atoms with Crippen LogP contribution in [0.2, 0.25) is 0 Å². The molecule has 1 heterocycles. The lowest BCUT2D eigenvalue weighted by atomic mass is 10.1. The Balaban J connectivity index is 2.32. The Kier molecular flexibility index (Phi) is 3.18. The van der Waals surface area contributed by atoms with Gasteiger partial charge in [0, 0.05) is 17.8 Å². The van der Waals surface area contributed by atoms with Crippen molar-refractivity contribution in [3.8, 4) is 17.0 Å². The molecule has 0 spiro atoms. The van der Waals surface area contributed by atoms with Gasteiger partial charge >= 0.3 is 6.36 Å². The average molecular weight is 257 g/mol. The minimum Gasteiger partial charge on any atom is -0.406 e. The third-order valence-electron chi connectivity index (χ3n) is 2.11. The Morgan fingerprint density at radius 1 is 1.06 bits per heavy atom. The highest BCUT2D eigenvalue weighted by atomic mass is 19.4. The van der Waals surface area contributed by atoms with Gasteiger partial charge in [0.05, 0.1) is 5.69 Å². The van der Waals surface area contributed by atoms with Crippen molar-refractivity contribution < 1.29 is 22.3 Å². The van der Waals surface area contributed by atoms with Crippen LogP contribution >= 0.6 is 0 Å². The smallest absolute Gasteiger partial charge is 0.406 e. The lowest BCUT2D eigenvalue weighted by Gasteiger charge is -2.10. The molecule has 1 aromatic carbocycles. The Morgan fingerprint density at radius 3 is 2.39 bits per heavy atom. The van der Waals surface area contributed by atoms with E-state index < -0.39 is 17.9 Å². The number of benzene rings is 1. The first kappa shape index (κ1) is 12.3. The summed E-state index contributed by atoms with van der Waals surface area (Å²) >= 11 is 0. The quantitative estimate of drug-likeness (QED) is 0.764. The second kappa shape index (κ2) is 4.64. The average Bonchev–Trinajstić information content (AvgIpc) is 2.28. The monoisotopic (exact) mass is 257 g/mol. The molecule has 0 bridgehead atoms. The molecule has 2 nitrogen and oxygen atoms in total. The van der Waals surface area contributed by atoms with Crippen molar-refractivity contribution >= 4 is 0 Å². The van der Waals surface area contributed by atoms with Gasteiger partial charge in [-0.05, 0) is 24.3 Å². The van der Waals surface area contributed by atoms with Gasteiger partial charge in [-0.1, -0.05) is 6.07 Å². The van der Waals surface area contributed by atoms with Crippen LogP contribution in [0.5, 0.6) is 5.75 Å². The Morgan fingerprint density at radius 2 is 1.83 bits per heavy atom. The van der Waals surface area contributed by atoms with E-state index in [4.69, 9.17) is 0 Å². The van der Waals surface area contributed by atoms with Crippen molar-refractivity contribution in [2.75, 3.05) is 0 Å². The first-order valence-electron chi connectivity index (χ1n) is 4.92. The van der Waals surface area contributed by atoms with Crippen LogP contribution in [0.4, 0.5) is 17.6 Å². The van der Waals surface area contributed by atoms with Gasteiger partial charge in [-0.15, -0.1) is 13.2 Å². The van der Waals surface area contributed by atoms with Gasteiger partial charge in [0.1, 0.15) is 11.6 Å². The summed E-state index contributed by atoms with van der Waals surface area (Å²) in [7, 11) is 0. The second-order valence-corrected chi connectivity index (χ2v) is 3.40. The first-order valence-corrected chi connectivity index (χ1v) is 4.92. The molecule has 0 aliphatic rings. The standard InChI is InChI=1S/C12H7F4NO/c13-10-7-8(18-12(14,15)16)4-5-9(10)11-3-1-2-6-17-11/h1-7H. The van der Waals surface area contributed by atoms with Crippen molar-refractivity contribution in [3.05, 3.63) is 48.4 Å². The van der Waals surface area contributed by atoms with E-state index in [1.807, 2.05) is 0 Å². The first-order chi connectivity index (χ1) is 8.46. The van der Waals surface area contributed by atoms with Crippen LogP contribution < -0.4 is 4.74 Å². The summed E-state index contributed by atoms with van der Waals surface area (Å²) < 4.78 is 53.1. The van der Waals surface area contributed by atoms with Gasteiger partial charge in [-0.25, -0.2) is 4.39 Å². The number of halogens is 4. The molecule has 0 N–H and O–H groups in total. The molecule has 0 amide bonds. The highest BCUT2D eigenvalue weighted by Crippen LogP contribution is 2.28. The molecule has 0 aliphatic carbocycles. The van der Waals surface area contributed by atoms with E-state index in [-0.39, 0.29) is 5.56 Å². The lowest BCUT2D eigenvalue weighted by Crippen LogP contribution is -2.17. The molecule has 1 aromatic heterocycles. The van der Waals surface area contributed by atoms with E-state index in [0.29, 0.717) is 11.8 Å². The Bertz CT molecular complexity index is 540. The fraction of sp³-hybridized carbons (Fsp3) is 0.0833. The molecule has 6 heteroatoms. The van der Waals surface area contributed by atoms with Crippen molar-refractivity contribution in [1.29, 1.82) is 0 Å². The number of rotatable bonds is 2. The summed E-state index contributed by atoms with van der Waals surface area (Å²) in [5.41, 5.74) is 0.457. The van der Waals surface area contributed by atoms with Crippen molar-refractivity contribution in [2.45, 2.75) is 6.36 Å². The topological polar surface area (TPSA) is 22.1 Å². The number of nitrogens with zero attached hydrogens (tertiary/aromatic N) is 1. The Labute approximate surface area is 99.8 Å². The SMILES string of the molecule is Fc1cc(OC(F)(F)F)ccc1-c1ccccn1. The fourth-order valence-electron chi connectivity index (χ4n) is 1.42. The van der Waals surface area contributed by atoms with Crippen LogP contribution in [0.15, 0.2) is 42.6 Å². The van der Waals surface area contributed by atoms with E-state index in [1.54, 1.807) is 18.2 Å². The van der Waals surface area contributed by atoms with Crippen LogP contribution in [0.1, 0.15) is 0 Å². The van der Waals surface area contributed by atoms with Gasteiger partial charge in [-0.2, -0.15) is 0 Å². The van der Waals surface area contributed by atoms with Crippen LogP contribution in [-0.4, -0.2) is 11.3 Å². The van der Waals surface area contributed by atoms with E-state index in [0.717, 1.165) is 6.07 Å².